The molecule has 1 fully saturated rings. The molecule has 1 aliphatic heterocycles. The van der Waals surface area contributed by atoms with Crippen LogP contribution >= 0.6 is 0 Å². The van der Waals surface area contributed by atoms with Crippen LogP contribution in [0.5, 0.6) is 0 Å². The molecule has 0 aliphatic carbocycles. The van der Waals surface area contributed by atoms with E-state index in [2.05, 4.69) is 24.0 Å². The minimum atomic E-state index is 0.232. The number of aryl methyl sites for hydroxylation is 1. The van der Waals surface area contributed by atoms with Gasteiger partial charge < -0.3 is 4.90 Å². The van der Waals surface area contributed by atoms with Gasteiger partial charge >= 0.3 is 0 Å². The zero-order chi connectivity index (χ0) is 14.4. The molecule has 1 heterocycles. The van der Waals surface area contributed by atoms with Gasteiger partial charge in [0.05, 0.1) is 6.54 Å². The summed E-state index contributed by atoms with van der Waals surface area (Å²) >= 11 is 0. The van der Waals surface area contributed by atoms with Crippen LogP contribution in [0.2, 0.25) is 0 Å². The highest BCUT2D eigenvalue weighted by molar-refractivity contribution is 5.78. The van der Waals surface area contributed by atoms with Crippen molar-refractivity contribution in [2.45, 2.75) is 39.2 Å². The number of amides is 1. The Morgan fingerprint density at radius 3 is 2.45 bits per heavy atom. The molecule has 1 amide bonds. The van der Waals surface area contributed by atoms with Crippen LogP contribution in [0.1, 0.15) is 36.8 Å². The zero-order valence-electron chi connectivity index (χ0n) is 12.8. The summed E-state index contributed by atoms with van der Waals surface area (Å²) in [5.74, 6) is 0.232. The molecule has 0 unspecified atom stereocenters. The van der Waals surface area contributed by atoms with Crippen LogP contribution in [-0.4, -0.2) is 42.4 Å². The normalized spacial score (nSPS) is 16.7. The van der Waals surface area contributed by atoms with Crippen LogP contribution in [0.4, 0.5) is 0 Å². The standard InChI is InChI=1S/C17H26N2O/c1-15-9-5-6-10-16(15)13-18(2)17(20)14-19-11-7-3-4-8-12-19/h5-6,9-10H,3-4,7-8,11-14H2,1-2H3. The third-order valence-corrected chi connectivity index (χ3v) is 4.15. The maximum absolute atomic E-state index is 12.3. The number of likely N-dealkylation sites (N-methyl/N-ethyl adjacent to an activating group) is 1. The van der Waals surface area contributed by atoms with E-state index in [1.54, 1.807) is 0 Å². The van der Waals surface area contributed by atoms with Crippen LogP contribution in [-0.2, 0) is 11.3 Å². The number of carbonyl (C=O) groups is 1. The van der Waals surface area contributed by atoms with Crippen LogP contribution < -0.4 is 0 Å². The molecule has 0 atom stereocenters. The summed E-state index contributed by atoms with van der Waals surface area (Å²) in [6, 6.07) is 8.28. The predicted molar refractivity (Wildman–Crippen MR) is 82.6 cm³/mol. The maximum Gasteiger partial charge on any atom is 0.236 e. The number of nitrogens with zero attached hydrogens (tertiary/aromatic N) is 2. The molecule has 1 aromatic carbocycles. The highest BCUT2D eigenvalue weighted by Crippen LogP contribution is 2.12. The quantitative estimate of drug-likeness (QED) is 0.843. The van der Waals surface area contributed by atoms with Gasteiger partial charge in [-0.15, -0.1) is 0 Å². The van der Waals surface area contributed by atoms with Gasteiger partial charge in [0.1, 0.15) is 0 Å². The topological polar surface area (TPSA) is 23.6 Å². The Balaban J connectivity index is 1.87. The first-order valence-corrected chi connectivity index (χ1v) is 7.67. The van der Waals surface area contributed by atoms with Gasteiger partial charge in [0.15, 0.2) is 0 Å². The lowest BCUT2D eigenvalue weighted by Gasteiger charge is -2.24. The number of hydrogen-bond acceptors (Lipinski definition) is 2. The Morgan fingerprint density at radius 1 is 1.15 bits per heavy atom. The molecule has 0 bridgehead atoms. The second-order valence-corrected chi connectivity index (χ2v) is 5.87. The summed E-state index contributed by atoms with van der Waals surface area (Å²) in [4.78, 5) is 16.5. The molecule has 3 heteroatoms. The number of carbonyl (C=O) groups excluding carboxylic acids is 1. The molecule has 110 valence electrons. The van der Waals surface area contributed by atoms with E-state index in [1.807, 2.05) is 24.1 Å². The Morgan fingerprint density at radius 2 is 1.80 bits per heavy atom. The number of rotatable bonds is 4. The molecular formula is C17H26N2O. The molecule has 0 aromatic heterocycles. The van der Waals surface area contributed by atoms with Gasteiger partial charge in [-0.2, -0.15) is 0 Å². The van der Waals surface area contributed by atoms with Crippen molar-refractivity contribution in [3.8, 4) is 0 Å². The lowest BCUT2D eigenvalue weighted by Crippen LogP contribution is -2.38. The highest BCUT2D eigenvalue weighted by atomic mass is 16.2. The maximum atomic E-state index is 12.3. The minimum absolute atomic E-state index is 0.232. The first-order chi connectivity index (χ1) is 9.66. The van der Waals surface area contributed by atoms with Crippen molar-refractivity contribution in [2.75, 3.05) is 26.7 Å². The van der Waals surface area contributed by atoms with Gasteiger partial charge in [-0.3, -0.25) is 9.69 Å². The van der Waals surface area contributed by atoms with Gasteiger partial charge in [0.25, 0.3) is 0 Å². The molecule has 2 rings (SSSR count). The van der Waals surface area contributed by atoms with Gasteiger partial charge in [-0.1, -0.05) is 37.1 Å². The van der Waals surface area contributed by atoms with Crippen molar-refractivity contribution in [1.82, 2.24) is 9.80 Å². The molecular weight excluding hydrogens is 248 g/mol. The average molecular weight is 274 g/mol. The van der Waals surface area contributed by atoms with E-state index in [1.165, 1.54) is 36.8 Å². The molecule has 1 saturated heterocycles. The molecule has 1 aromatic rings. The average Bonchev–Trinajstić information content (AvgIpc) is 2.70. The third-order valence-electron chi connectivity index (χ3n) is 4.15. The van der Waals surface area contributed by atoms with E-state index in [4.69, 9.17) is 0 Å². The van der Waals surface area contributed by atoms with E-state index in [0.717, 1.165) is 13.1 Å². The number of benzene rings is 1. The van der Waals surface area contributed by atoms with Crippen molar-refractivity contribution in [1.29, 1.82) is 0 Å². The van der Waals surface area contributed by atoms with Crippen LogP contribution in [0.25, 0.3) is 0 Å². The van der Waals surface area contributed by atoms with E-state index >= 15 is 0 Å². The van der Waals surface area contributed by atoms with Gasteiger partial charge in [0.2, 0.25) is 5.91 Å². The number of likely N-dealkylation sites (tertiary alicyclic amines) is 1. The predicted octanol–water partition coefficient (Wildman–Crippen LogP) is 2.83. The molecule has 0 radical (unpaired) electrons. The third kappa shape index (κ3) is 4.34. The summed E-state index contributed by atoms with van der Waals surface area (Å²) in [5, 5.41) is 0. The van der Waals surface area contributed by atoms with Gasteiger partial charge in [-0.25, -0.2) is 0 Å². The van der Waals surface area contributed by atoms with Crippen molar-refractivity contribution in [3.05, 3.63) is 35.4 Å². The van der Waals surface area contributed by atoms with E-state index in [0.29, 0.717) is 13.1 Å². The second-order valence-electron chi connectivity index (χ2n) is 5.87. The van der Waals surface area contributed by atoms with E-state index < -0.39 is 0 Å². The summed E-state index contributed by atoms with van der Waals surface area (Å²) < 4.78 is 0. The monoisotopic (exact) mass is 274 g/mol. The van der Waals surface area contributed by atoms with E-state index in [-0.39, 0.29) is 5.91 Å². The zero-order valence-corrected chi connectivity index (χ0v) is 12.8. The second kappa shape index (κ2) is 7.44. The largest absolute Gasteiger partial charge is 0.340 e. The Bertz CT molecular complexity index is 436. The summed E-state index contributed by atoms with van der Waals surface area (Å²) in [6.45, 7) is 5.53. The van der Waals surface area contributed by atoms with Gasteiger partial charge in [0, 0.05) is 13.6 Å². The Hall–Kier alpha value is -1.35. The fourth-order valence-electron chi connectivity index (χ4n) is 2.74. The van der Waals surface area contributed by atoms with Gasteiger partial charge in [-0.05, 0) is 44.0 Å². The molecule has 0 spiro atoms. The van der Waals surface area contributed by atoms with Crippen LogP contribution in [0.3, 0.4) is 0 Å². The summed E-state index contributed by atoms with van der Waals surface area (Å²) in [7, 11) is 1.91. The summed E-state index contributed by atoms with van der Waals surface area (Å²) in [5.41, 5.74) is 2.49. The fourth-order valence-corrected chi connectivity index (χ4v) is 2.74. The smallest absolute Gasteiger partial charge is 0.236 e. The fraction of sp³-hybridized carbons (Fsp3) is 0.588. The van der Waals surface area contributed by atoms with Crippen molar-refractivity contribution < 1.29 is 4.79 Å². The van der Waals surface area contributed by atoms with Crippen LogP contribution in [0.15, 0.2) is 24.3 Å². The van der Waals surface area contributed by atoms with E-state index in [9.17, 15) is 4.79 Å². The minimum Gasteiger partial charge on any atom is -0.340 e. The first-order valence-electron chi connectivity index (χ1n) is 7.67. The first kappa shape index (κ1) is 15.0. The van der Waals surface area contributed by atoms with Crippen molar-refractivity contribution in [2.24, 2.45) is 0 Å². The highest BCUT2D eigenvalue weighted by Gasteiger charge is 2.16. The van der Waals surface area contributed by atoms with Crippen molar-refractivity contribution in [3.63, 3.8) is 0 Å². The lowest BCUT2D eigenvalue weighted by molar-refractivity contribution is -0.131. The van der Waals surface area contributed by atoms with Crippen LogP contribution in [0, 0.1) is 6.92 Å². The van der Waals surface area contributed by atoms with Crippen molar-refractivity contribution >= 4 is 5.91 Å². The Labute approximate surface area is 122 Å². The molecule has 1 aliphatic rings. The lowest BCUT2D eigenvalue weighted by atomic mass is 10.1. The molecule has 3 nitrogen and oxygen atoms in total. The molecule has 0 N–H and O–H groups in total. The molecule has 0 saturated carbocycles. The molecule has 20 heavy (non-hydrogen) atoms. The SMILES string of the molecule is Cc1ccccc1CN(C)C(=O)CN1CCCCCC1. The number of hydrogen-bond donors (Lipinski definition) is 0. The summed E-state index contributed by atoms with van der Waals surface area (Å²) in [6.07, 6.45) is 5.08. The Kier molecular flexibility index (Phi) is 5.60.